The number of hydrogen-bond donors (Lipinski definition) is 2. The first-order valence-electron chi connectivity index (χ1n) is 7.74. The first kappa shape index (κ1) is 18.5. The predicted molar refractivity (Wildman–Crippen MR) is 81.6 cm³/mol. The van der Waals surface area contributed by atoms with Crippen LogP contribution in [-0.4, -0.2) is 54.8 Å². The zero-order valence-electron chi connectivity index (χ0n) is 13.3. The molecule has 1 aromatic carbocycles. The first-order valence-corrected chi connectivity index (χ1v) is 7.74. The van der Waals surface area contributed by atoms with E-state index in [2.05, 4.69) is 5.32 Å². The van der Waals surface area contributed by atoms with Crippen LogP contribution in [0.1, 0.15) is 18.4 Å². The molecular formula is C16H21F3N2O3. The number of halogens is 3. The van der Waals surface area contributed by atoms with E-state index in [-0.39, 0.29) is 30.9 Å². The monoisotopic (exact) mass is 346 g/mol. The molecule has 0 aliphatic carbocycles. The van der Waals surface area contributed by atoms with Crippen LogP contribution in [0.25, 0.3) is 0 Å². The molecule has 0 unspecified atom stereocenters. The van der Waals surface area contributed by atoms with Crippen molar-refractivity contribution in [1.82, 2.24) is 10.2 Å². The van der Waals surface area contributed by atoms with E-state index >= 15 is 0 Å². The van der Waals surface area contributed by atoms with E-state index in [4.69, 9.17) is 4.74 Å². The molecule has 0 aromatic heterocycles. The minimum atomic E-state index is -4.53. The van der Waals surface area contributed by atoms with Gasteiger partial charge in [0.15, 0.2) is 0 Å². The van der Waals surface area contributed by atoms with Crippen LogP contribution in [0.4, 0.5) is 13.2 Å². The van der Waals surface area contributed by atoms with E-state index in [0.29, 0.717) is 0 Å². The Morgan fingerprint density at radius 2 is 2.17 bits per heavy atom. The minimum absolute atomic E-state index is 0.00873. The Kier molecular flexibility index (Phi) is 6.06. The molecule has 1 saturated heterocycles. The number of likely N-dealkylation sites (N-methyl/N-ethyl adjacent to an activating group) is 1. The molecule has 1 fully saturated rings. The SMILES string of the molecule is CN(C[C@H](O)COc1ccccc1C(F)(F)F)C(=O)[C@@H]1CCCN1. The standard InChI is InChI=1S/C16H21F3N2O3/c1-21(15(23)13-6-4-8-20-13)9-11(22)10-24-14-7-3-2-5-12(14)16(17,18)19/h2-3,5,7,11,13,20,22H,4,6,8-10H2,1H3/t11-,13-/m0/s1. The van der Waals surface area contributed by atoms with Crippen LogP contribution in [0, 0.1) is 0 Å². The quantitative estimate of drug-likeness (QED) is 0.822. The summed E-state index contributed by atoms with van der Waals surface area (Å²) in [6, 6.07) is 4.57. The number of hydrogen-bond acceptors (Lipinski definition) is 4. The second kappa shape index (κ2) is 7.85. The molecule has 2 atom stereocenters. The zero-order chi connectivity index (χ0) is 17.7. The Hall–Kier alpha value is -1.80. The summed E-state index contributed by atoms with van der Waals surface area (Å²) in [4.78, 5) is 13.5. The van der Waals surface area contributed by atoms with Gasteiger partial charge in [-0.25, -0.2) is 0 Å². The highest BCUT2D eigenvalue weighted by Crippen LogP contribution is 2.35. The van der Waals surface area contributed by atoms with Gasteiger partial charge in [-0.2, -0.15) is 13.2 Å². The smallest absolute Gasteiger partial charge is 0.419 e. The normalized spacial score (nSPS) is 19.1. The molecule has 0 bridgehead atoms. The van der Waals surface area contributed by atoms with Crippen LogP contribution >= 0.6 is 0 Å². The van der Waals surface area contributed by atoms with Crippen LogP contribution in [0.5, 0.6) is 5.75 Å². The summed E-state index contributed by atoms with van der Waals surface area (Å²) >= 11 is 0. The number of aliphatic hydroxyl groups is 1. The van der Waals surface area contributed by atoms with Crippen LogP contribution in [0.2, 0.25) is 0 Å². The van der Waals surface area contributed by atoms with E-state index in [0.717, 1.165) is 25.5 Å². The second-order valence-electron chi connectivity index (χ2n) is 5.83. The van der Waals surface area contributed by atoms with Crippen molar-refractivity contribution in [3.8, 4) is 5.75 Å². The molecule has 5 nitrogen and oxygen atoms in total. The van der Waals surface area contributed by atoms with Crippen molar-refractivity contribution in [3.63, 3.8) is 0 Å². The topological polar surface area (TPSA) is 61.8 Å². The van der Waals surface area contributed by atoms with Crippen molar-refractivity contribution < 1.29 is 27.8 Å². The molecule has 1 heterocycles. The average Bonchev–Trinajstić information content (AvgIpc) is 3.06. The summed E-state index contributed by atoms with van der Waals surface area (Å²) in [6.07, 6.45) is -3.94. The van der Waals surface area contributed by atoms with Gasteiger partial charge < -0.3 is 20.1 Å². The molecule has 2 rings (SSSR count). The molecule has 0 spiro atoms. The number of rotatable bonds is 6. The molecular weight excluding hydrogens is 325 g/mol. The third-order valence-electron chi connectivity index (χ3n) is 3.84. The Bertz CT molecular complexity index is 560. The number of ether oxygens (including phenoxy) is 1. The molecule has 8 heteroatoms. The van der Waals surface area contributed by atoms with Crippen LogP contribution in [0.3, 0.4) is 0 Å². The maximum absolute atomic E-state index is 12.9. The van der Waals surface area contributed by atoms with E-state index in [1.165, 1.54) is 23.1 Å². The fourth-order valence-electron chi connectivity index (χ4n) is 2.63. The Morgan fingerprint density at radius 3 is 2.79 bits per heavy atom. The zero-order valence-corrected chi connectivity index (χ0v) is 13.3. The molecule has 1 aliphatic heterocycles. The van der Waals surface area contributed by atoms with Gasteiger partial charge in [0.25, 0.3) is 0 Å². The van der Waals surface area contributed by atoms with Gasteiger partial charge in [0.2, 0.25) is 5.91 Å². The molecule has 1 amide bonds. The number of alkyl halides is 3. The Balaban J connectivity index is 1.87. The highest BCUT2D eigenvalue weighted by Gasteiger charge is 2.34. The summed E-state index contributed by atoms with van der Waals surface area (Å²) in [5.74, 6) is -0.474. The summed E-state index contributed by atoms with van der Waals surface area (Å²) in [5, 5.41) is 13.0. The predicted octanol–water partition coefficient (Wildman–Crippen LogP) is 1.66. The van der Waals surface area contributed by atoms with Crippen molar-refractivity contribution in [2.45, 2.75) is 31.2 Å². The lowest BCUT2D eigenvalue weighted by Gasteiger charge is -2.24. The van der Waals surface area contributed by atoms with Gasteiger partial charge in [-0.15, -0.1) is 0 Å². The van der Waals surface area contributed by atoms with Gasteiger partial charge in [-0.3, -0.25) is 4.79 Å². The van der Waals surface area contributed by atoms with Crippen LogP contribution in [-0.2, 0) is 11.0 Å². The van der Waals surface area contributed by atoms with Gasteiger partial charge in [-0.05, 0) is 31.5 Å². The van der Waals surface area contributed by atoms with Gasteiger partial charge in [0, 0.05) is 13.6 Å². The van der Waals surface area contributed by atoms with E-state index in [9.17, 15) is 23.1 Å². The number of para-hydroxylation sites is 1. The lowest BCUT2D eigenvalue weighted by atomic mass is 10.2. The number of amides is 1. The van der Waals surface area contributed by atoms with Crippen molar-refractivity contribution in [2.75, 3.05) is 26.7 Å². The summed E-state index contributed by atoms with van der Waals surface area (Å²) in [6.45, 7) is 0.443. The summed E-state index contributed by atoms with van der Waals surface area (Å²) in [5.41, 5.74) is -0.892. The van der Waals surface area contributed by atoms with Crippen molar-refractivity contribution >= 4 is 5.91 Å². The Morgan fingerprint density at radius 1 is 1.46 bits per heavy atom. The Labute approximate surface area is 138 Å². The fourth-order valence-corrected chi connectivity index (χ4v) is 2.63. The van der Waals surface area contributed by atoms with Crippen molar-refractivity contribution in [2.24, 2.45) is 0 Å². The van der Waals surface area contributed by atoms with Gasteiger partial charge in [0.1, 0.15) is 18.5 Å². The number of carbonyl (C=O) groups excluding carboxylic acids is 1. The third-order valence-corrected chi connectivity index (χ3v) is 3.84. The second-order valence-corrected chi connectivity index (χ2v) is 5.83. The fraction of sp³-hybridized carbons (Fsp3) is 0.562. The minimum Gasteiger partial charge on any atom is -0.490 e. The van der Waals surface area contributed by atoms with Gasteiger partial charge in [-0.1, -0.05) is 12.1 Å². The van der Waals surface area contributed by atoms with Crippen molar-refractivity contribution in [1.29, 1.82) is 0 Å². The lowest BCUT2D eigenvalue weighted by Crippen LogP contribution is -2.45. The van der Waals surface area contributed by atoms with E-state index < -0.39 is 17.8 Å². The highest BCUT2D eigenvalue weighted by atomic mass is 19.4. The number of aliphatic hydroxyl groups excluding tert-OH is 1. The number of benzene rings is 1. The third kappa shape index (κ3) is 4.85. The van der Waals surface area contributed by atoms with E-state index in [1.54, 1.807) is 7.05 Å². The largest absolute Gasteiger partial charge is 0.490 e. The number of nitrogens with zero attached hydrogens (tertiary/aromatic N) is 1. The molecule has 134 valence electrons. The van der Waals surface area contributed by atoms with Crippen molar-refractivity contribution in [3.05, 3.63) is 29.8 Å². The maximum Gasteiger partial charge on any atom is 0.419 e. The molecule has 1 aromatic rings. The van der Waals surface area contributed by atoms with Crippen LogP contribution in [0.15, 0.2) is 24.3 Å². The lowest BCUT2D eigenvalue weighted by molar-refractivity contribution is -0.139. The molecule has 24 heavy (non-hydrogen) atoms. The first-order chi connectivity index (χ1) is 11.3. The molecule has 2 N–H and O–H groups in total. The maximum atomic E-state index is 12.9. The summed E-state index contributed by atoms with van der Waals surface area (Å²) < 4.78 is 43.7. The summed E-state index contributed by atoms with van der Waals surface area (Å²) in [7, 11) is 1.55. The molecule has 0 saturated carbocycles. The molecule has 0 radical (unpaired) electrons. The average molecular weight is 346 g/mol. The van der Waals surface area contributed by atoms with Gasteiger partial charge in [0.05, 0.1) is 11.6 Å². The van der Waals surface area contributed by atoms with Crippen LogP contribution < -0.4 is 10.1 Å². The number of carbonyl (C=O) groups is 1. The van der Waals surface area contributed by atoms with E-state index in [1.807, 2.05) is 0 Å². The number of nitrogens with one attached hydrogen (secondary N) is 1. The highest BCUT2D eigenvalue weighted by molar-refractivity contribution is 5.81. The van der Waals surface area contributed by atoms with Gasteiger partial charge >= 0.3 is 6.18 Å². The molecule has 1 aliphatic rings.